The molecule has 0 saturated carbocycles. The van der Waals surface area contributed by atoms with Gasteiger partial charge in [-0.15, -0.1) is 0 Å². The molecular formula is C17H27NO2. The molecule has 0 spiro atoms. The lowest BCUT2D eigenvalue weighted by atomic mass is 9.89. The Kier molecular flexibility index (Phi) is 6.51. The number of ether oxygens (including phenoxy) is 1. The maximum absolute atomic E-state index is 9.78. The van der Waals surface area contributed by atoms with Crippen molar-refractivity contribution in [2.75, 3.05) is 19.8 Å². The van der Waals surface area contributed by atoms with E-state index in [1.807, 2.05) is 6.92 Å². The van der Waals surface area contributed by atoms with Crippen LogP contribution in [0.5, 0.6) is 0 Å². The highest BCUT2D eigenvalue weighted by molar-refractivity contribution is 5.19. The monoisotopic (exact) mass is 277 g/mol. The maximum atomic E-state index is 9.78. The molecule has 0 aliphatic carbocycles. The predicted octanol–water partition coefficient (Wildman–Crippen LogP) is 2.90. The fourth-order valence-corrected chi connectivity index (χ4v) is 2.76. The van der Waals surface area contributed by atoms with Crippen LogP contribution in [0.15, 0.2) is 30.3 Å². The van der Waals surface area contributed by atoms with Gasteiger partial charge in [-0.2, -0.15) is 0 Å². The van der Waals surface area contributed by atoms with Gasteiger partial charge in [0.2, 0.25) is 0 Å². The first-order chi connectivity index (χ1) is 9.79. The van der Waals surface area contributed by atoms with Crippen LogP contribution < -0.4 is 5.32 Å². The quantitative estimate of drug-likeness (QED) is 0.805. The topological polar surface area (TPSA) is 41.5 Å². The maximum Gasteiger partial charge on any atom is 0.0662 e. The Labute approximate surface area is 122 Å². The van der Waals surface area contributed by atoms with Crippen molar-refractivity contribution < 1.29 is 9.84 Å². The summed E-state index contributed by atoms with van der Waals surface area (Å²) in [4.78, 5) is 0. The predicted molar refractivity (Wildman–Crippen MR) is 81.6 cm³/mol. The Morgan fingerprint density at radius 3 is 2.60 bits per heavy atom. The minimum Gasteiger partial charge on any atom is -0.392 e. The van der Waals surface area contributed by atoms with E-state index in [0.717, 1.165) is 44.8 Å². The summed E-state index contributed by atoms with van der Waals surface area (Å²) in [6, 6.07) is 10.9. The van der Waals surface area contributed by atoms with Crippen molar-refractivity contribution >= 4 is 0 Å². The highest BCUT2D eigenvalue weighted by Crippen LogP contribution is 2.27. The van der Waals surface area contributed by atoms with E-state index in [4.69, 9.17) is 4.74 Å². The van der Waals surface area contributed by atoms with Gasteiger partial charge in [-0.1, -0.05) is 37.3 Å². The molecule has 3 nitrogen and oxygen atoms in total. The first-order valence-corrected chi connectivity index (χ1v) is 7.83. The second-order valence-corrected chi connectivity index (χ2v) is 5.73. The van der Waals surface area contributed by atoms with Crippen LogP contribution in [0.1, 0.15) is 44.2 Å². The van der Waals surface area contributed by atoms with Gasteiger partial charge in [-0.25, -0.2) is 0 Å². The summed E-state index contributed by atoms with van der Waals surface area (Å²) < 4.78 is 5.44. The average Bonchev–Trinajstić information content (AvgIpc) is 2.53. The molecular weight excluding hydrogens is 250 g/mol. The van der Waals surface area contributed by atoms with E-state index in [2.05, 4.69) is 35.6 Å². The number of benzene rings is 1. The normalized spacial score (nSPS) is 19.7. The lowest BCUT2D eigenvalue weighted by Crippen LogP contribution is -2.32. The molecule has 1 fully saturated rings. The van der Waals surface area contributed by atoms with Crippen molar-refractivity contribution in [3.8, 4) is 0 Å². The second-order valence-electron chi connectivity index (χ2n) is 5.73. The summed E-state index contributed by atoms with van der Waals surface area (Å²) in [5.41, 5.74) is 1.32. The summed E-state index contributed by atoms with van der Waals surface area (Å²) in [6.07, 6.45) is 3.98. The molecule has 1 aliphatic heterocycles. The van der Waals surface area contributed by atoms with E-state index in [9.17, 15) is 5.11 Å². The Morgan fingerprint density at radius 2 is 1.95 bits per heavy atom. The van der Waals surface area contributed by atoms with E-state index in [1.165, 1.54) is 5.56 Å². The molecule has 1 aromatic rings. The fraction of sp³-hybridized carbons (Fsp3) is 0.647. The van der Waals surface area contributed by atoms with E-state index in [1.54, 1.807) is 0 Å². The van der Waals surface area contributed by atoms with E-state index < -0.39 is 0 Å². The number of aliphatic hydroxyl groups is 1. The van der Waals surface area contributed by atoms with Gasteiger partial charge in [0.25, 0.3) is 0 Å². The summed E-state index contributed by atoms with van der Waals surface area (Å²) >= 11 is 0. The molecule has 2 rings (SSSR count). The van der Waals surface area contributed by atoms with Gasteiger partial charge in [0, 0.05) is 25.8 Å². The van der Waals surface area contributed by atoms with Gasteiger partial charge in [0.1, 0.15) is 0 Å². The molecule has 112 valence electrons. The van der Waals surface area contributed by atoms with E-state index in [0.29, 0.717) is 12.6 Å². The van der Waals surface area contributed by atoms with Crippen LogP contribution in [0, 0.1) is 5.92 Å². The van der Waals surface area contributed by atoms with Crippen LogP contribution >= 0.6 is 0 Å². The molecule has 20 heavy (non-hydrogen) atoms. The van der Waals surface area contributed by atoms with Crippen molar-refractivity contribution in [2.24, 2.45) is 5.92 Å². The number of nitrogens with one attached hydrogen (secondary N) is 1. The summed E-state index contributed by atoms with van der Waals surface area (Å²) in [7, 11) is 0. The second kappa shape index (κ2) is 8.40. The molecule has 2 atom stereocenters. The van der Waals surface area contributed by atoms with Gasteiger partial charge in [-0.05, 0) is 37.2 Å². The fourth-order valence-electron chi connectivity index (χ4n) is 2.76. The molecule has 1 unspecified atom stereocenters. The number of aliphatic hydroxyl groups excluding tert-OH is 1. The van der Waals surface area contributed by atoms with E-state index in [-0.39, 0.29) is 6.10 Å². The molecule has 2 N–H and O–H groups in total. The molecule has 0 aromatic heterocycles. The molecule has 1 aromatic carbocycles. The highest BCUT2D eigenvalue weighted by atomic mass is 16.5. The molecule has 1 saturated heterocycles. The summed E-state index contributed by atoms with van der Waals surface area (Å²) in [5, 5.41) is 13.3. The molecule has 0 bridgehead atoms. The summed E-state index contributed by atoms with van der Waals surface area (Å²) in [6.45, 7) is 4.47. The first-order valence-electron chi connectivity index (χ1n) is 7.83. The third-order valence-corrected chi connectivity index (χ3v) is 4.18. The van der Waals surface area contributed by atoms with Gasteiger partial charge in [0.05, 0.1) is 6.10 Å². The van der Waals surface area contributed by atoms with E-state index >= 15 is 0 Å². The van der Waals surface area contributed by atoms with Gasteiger partial charge in [-0.3, -0.25) is 0 Å². The Balaban J connectivity index is 1.95. The zero-order valence-corrected chi connectivity index (χ0v) is 12.4. The van der Waals surface area contributed by atoms with Crippen molar-refractivity contribution in [1.29, 1.82) is 0 Å². The molecule has 0 amide bonds. The molecule has 3 heteroatoms. The Morgan fingerprint density at radius 1 is 1.25 bits per heavy atom. The van der Waals surface area contributed by atoms with Crippen LogP contribution in [-0.4, -0.2) is 31.0 Å². The molecule has 1 aliphatic rings. The smallest absolute Gasteiger partial charge is 0.0662 e. The SMILES string of the molecule is CC[C@@H](O)CNC(CC1CCOCC1)c1ccccc1. The van der Waals surface area contributed by atoms with Crippen molar-refractivity contribution in [1.82, 2.24) is 5.32 Å². The Hall–Kier alpha value is -0.900. The first kappa shape index (κ1) is 15.5. The molecule has 1 heterocycles. The number of hydrogen-bond acceptors (Lipinski definition) is 3. The van der Waals surface area contributed by atoms with Crippen molar-refractivity contribution in [3.63, 3.8) is 0 Å². The standard InChI is InChI=1S/C17H27NO2/c1-2-16(19)13-18-17(15-6-4-3-5-7-15)12-14-8-10-20-11-9-14/h3-7,14,16-19H,2,8-13H2,1H3/t16-,17?/m1/s1. The van der Waals surface area contributed by atoms with Gasteiger partial charge in [0.15, 0.2) is 0 Å². The zero-order chi connectivity index (χ0) is 14.2. The average molecular weight is 277 g/mol. The Bertz CT molecular complexity index is 363. The van der Waals surface area contributed by atoms with Crippen LogP contribution in [0.3, 0.4) is 0 Å². The number of rotatable bonds is 7. The third kappa shape index (κ3) is 4.89. The zero-order valence-electron chi connectivity index (χ0n) is 12.4. The van der Waals surface area contributed by atoms with Crippen LogP contribution in [0.25, 0.3) is 0 Å². The van der Waals surface area contributed by atoms with Gasteiger partial charge >= 0.3 is 0 Å². The molecule has 0 radical (unpaired) electrons. The minimum atomic E-state index is -0.254. The largest absolute Gasteiger partial charge is 0.392 e. The third-order valence-electron chi connectivity index (χ3n) is 4.18. The lowest BCUT2D eigenvalue weighted by molar-refractivity contribution is 0.0596. The van der Waals surface area contributed by atoms with Crippen LogP contribution in [-0.2, 0) is 4.74 Å². The van der Waals surface area contributed by atoms with Crippen molar-refractivity contribution in [3.05, 3.63) is 35.9 Å². The van der Waals surface area contributed by atoms with Crippen LogP contribution in [0.4, 0.5) is 0 Å². The minimum absolute atomic E-state index is 0.254. The summed E-state index contributed by atoms with van der Waals surface area (Å²) in [5.74, 6) is 0.722. The number of hydrogen-bond donors (Lipinski definition) is 2. The van der Waals surface area contributed by atoms with Crippen molar-refractivity contribution in [2.45, 2.75) is 44.8 Å². The highest BCUT2D eigenvalue weighted by Gasteiger charge is 2.20. The van der Waals surface area contributed by atoms with Gasteiger partial charge < -0.3 is 15.2 Å². The van der Waals surface area contributed by atoms with Crippen LogP contribution in [0.2, 0.25) is 0 Å². The lowest BCUT2D eigenvalue weighted by Gasteiger charge is -2.28.